The van der Waals surface area contributed by atoms with Gasteiger partial charge in [-0.1, -0.05) is 49.6 Å². The summed E-state index contributed by atoms with van der Waals surface area (Å²) in [6.45, 7) is 0. The van der Waals surface area contributed by atoms with Crippen LogP contribution in [-0.2, 0) is 9.59 Å². The summed E-state index contributed by atoms with van der Waals surface area (Å²) < 4.78 is 5.27. The van der Waals surface area contributed by atoms with Crippen LogP contribution in [0, 0.1) is 5.92 Å². The van der Waals surface area contributed by atoms with Gasteiger partial charge in [0.15, 0.2) is 0 Å². The molecule has 2 amide bonds. The fourth-order valence-electron chi connectivity index (χ4n) is 4.80. The summed E-state index contributed by atoms with van der Waals surface area (Å²) in [6, 6.07) is 17.4. The minimum atomic E-state index is -0.315. The summed E-state index contributed by atoms with van der Waals surface area (Å²) in [5, 5.41) is 3.30. The van der Waals surface area contributed by atoms with Crippen molar-refractivity contribution in [2.45, 2.75) is 57.0 Å². The van der Waals surface area contributed by atoms with Crippen LogP contribution in [0.3, 0.4) is 0 Å². The fourth-order valence-corrected chi connectivity index (χ4v) is 4.80. The van der Waals surface area contributed by atoms with E-state index in [1.807, 2.05) is 59.5 Å². The number of carbonyl (C=O) groups excluding carboxylic acids is 2. The number of anilines is 1. The summed E-state index contributed by atoms with van der Waals surface area (Å²) in [6.07, 6.45) is 6.65. The van der Waals surface area contributed by atoms with E-state index in [4.69, 9.17) is 4.74 Å². The highest BCUT2D eigenvalue weighted by Crippen LogP contribution is 2.40. The molecule has 0 radical (unpaired) electrons. The molecule has 0 unspecified atom stereocenters. The lowest BCUT2D eigenvalue weighted by atomic mass is 9.82. The number of benzene rings is 2. The first-order valence-electron chi connectivity index (χ1n) is 11.0. The lowest BCUT2D eigenvalue weighted by molar-refractivity contribution is -0.130. The van der Waals surface area contributed by atoms with Crippen LogP contribution >= 0.6 is 0 Å². The minimum Gasteiger partial charge on any atom is -0.497 e. The predicted octanol–water partition coefficient (Wildman–Crippen LogP) is 4.63. The molecule has 2 atom stereocenters. The smallest absolute Gasteiger partial charge is 0.227 e. The quantitative estimate of drug-likeness (QED) is 0.788. The number of methoxy groups -OCH3 is 1. The Morgan fingerprint density at radius 1 is 0.967 bits per heavy atom. The maximum absolute atomic E-state index is 13.4. The molecule has 1 heterocycles. The van der Waals surface area contributed by atoms with Crippen molar-refractivity contribution < 1.29 is 14.3 Å². The molecule has 1 aliphatic carbocycles. The summed E-state index contributed by atoms with van der Waals surface area (Å²) in [7, 11) is 1.62. The van der Waals surface area contributed by atoms with Gasteiger partial charge < -0.3 is 15.0 Å². The highest BCUT2D eigenvalue weighted by atomic mass is 16.5. The molecule has 2 aromatic rings. The molecule has 1 aliphatic heterocycles. The molecule has 2 aliphatic rings. The molecule has 1 saturated carbocycles. The van der Waals surface area contributed by atoms with Crippen LogP contribution < -0.4 is 15.0 Å². The molecule has 5 heteroatoms. The summed E-state index contributed by atoms with van der Waals surface area (Å²) in [4.78, 5) is 28.2. The van der Waals surface area contributed by atoms with Gasteiger partial charge in [-0.2, -0.15) is 0 Å². The van der Waals surface area contributed by atoms with Crippen molar-refractivity contribution in [3.63, 3.8) is 0 Å². The molecule has 2 fully saturated rings. The van der Waals surface area contributed by atoms with Gasteiger partial charge in [0.1, 0.15) is 5.75 Å². The van der Waals surface area contributed by atoms with Crippen molar-refractivity contribution in [1.29, 1.82) is 0 Å². The lowest BCUT2D eigenvalue weighted by Crippen LogP contribution is -2.50. The predicted molar refractivity (Wildman–Crippen MR) is 117 cm³/mol. The second-order valence-electron chi connectivity index (χ2n) is 8.31. The second-order valence-corrected chi connectivity index (χ2v) is 8.31. The second kappa shape index (κ2) is 9.33. The van der Waals surface area contributed by atoms with Gasteiger partial charge in [0.2, 0.25) is 11.8 Å². The van der Waals surface area contributed by atoms with Crippen LogP contribution in [0.5, 0.6) is 5.75 Å². The minimum absolute atomic E-state index is 0.0516. The average Bonchev–Trinajstić information content (AvgIpc) is 2.80. The van der Waals surface area contributed by atoms with E-state index in [0.717, 1.165) is 29.8 Å². The molecule has 0 spiro atoms. The van der Waals surface area contributed by atoms with E-state index in [0.29, 0.717) is 12.8 Å². The van der Waals surface area contributed by atoms with Crippen LogP contribution in [0.15, 0.2) is 54.6 Å². The Morgan fingerprint density at radius 2 is 1.67 bits per heavy atom. The van der Waals surface area contributed by atoms with E-state index in [1.54, 1.807) is 7.11 Å². The van der Waals surface area contributed by atoms with Crippen molar-refractivity contribution in [1.82, 2.24) is 5.32 Å². The van der Waals surface area contributed by atoms with Crippen LogP contribution in [-0.4, -0.2) is 25.0 Å². The fraction of sp³-hybridized carbons (Fsp3) is 0.440. The Kier molecular flexibility index (Phi) is 6.36. The number of nitrogens with zero attached hydrogens (tertiary/aromatic N) is 1. The summed E-state index contributed by atoms with van der Waals surface area (Å²) in [5.41, 5.74) is 1.79. The van der Waals surface area contributed by atoms with Crippen molar-refractivity contribution in [3.05, 3.63) is 60.2 Å². The van der Waals surface area contributed by atoms with Gasteiger partial charge in [-0.3, -0.25) is 9.59 Å². The topological polar surface area (TPSA) is 58.6 Å². The maximum atomic E-state index is 13.4. The zero-order valence-corrected chi connectivity index (χ0v) is 17.5. The Hall–Kier alpha value is -2.82. The van der Waals surface area contributed by atoms with Crippen molar-refractivity contribution in [2.75, 3.05) is 12.0 Å². The molecular weight excluding hydrogens is 376 g/mol. The van der Waals surface area contributed by atoms with Crippen LogP contribution in [0.25, 0.3) is 0 Å². The third kappa shape index (κ3) is 4.35. The van der Waals surface area contributed by atoms with Crippen LogP contribution in [0.1, 0.15) is 56.6 Å². The van der Waals surface area contributed by atoms with E-state index in [1.165, 1.54) is 19.3 Å². The number of amides is 2. The van der Waals surface area contributed by atoms with Gasteiger partial charge in [0, 0.05) is 18.2 Å². The molecular formula is C25H30N2O3. The normalized spacial score (nSPS) is 22.6. The molecule has 1 N–H and O–H groups in total. The van der Waals surface area contributed by atoms with E-state index >= 15 is 0 Å². The summed E-state index contributed by atoms with van der Waals surface area (Å²) in [5.74, 6) is 0.595. The average molecular weight is 407 g/mol. The molecule has 4 rings (SSSR count). The van der Waals surface area contributed by atoms with Crippen molar-refractivity contribution in [3.8, 4) is 5.75 Å². The number of carbonyl (C=O) groups is 2. The third-order valence-electron chi connectivity index (χ3n) is 6.38. The number of piperidine rings is 1. The first-order valence-corrected chi connectivity index (χ1v) is 11.0. The Labute approximate surface area is 178 Å². The highest BCUT2D eigenvalue weighted by molar-refractivity contribution is 5.97. The standard InChI is InChI=1S/C25H30N2O3/c1-30-21-14-12-20(13-15-21)27-23(28)17-16-22(24(27)18-8-4-2-5-9-18)25(29)26-19-10-6-3-7-11-19/h2,4-5,8-9,12-15,19,22,24H,3,6-7,10-11,16-17H2,1H3,(H,26,29)/t22-,24+/m0/s1. The van der Waals surface area contributed by atoms with Crippen LogP contribution in [0.4, 0.5) is 5.69 Å². The molecule has 5 nitrogen and oxygen atoms in total. The van der Waals surface area contributed by atoms with Crippen molar-refractivity contribution in [2.24, 2.45) is 5.92 Å². The number of hydrogen-bond donors (Lipinski definition) is 1. The van der Waals surface area contributed by atoms with Crippen molar-refractivity contribution >= 4 is 17.5 Å². The lowest BCUT2D eigenvalue weighted by Gasteiger charge is -2.41. The number of ether oxygens (including phenoxy) is 1. The molecule has 0 bridgehead atoms. The number of nitrogens with one attached hydrogen (secondary N) is 1. The summed E-state index contributed by atoms with van der Waals surface area (Å²) >= 11 is 0. The monoisotopic (exact) mass is 406 g/mol. The van der Waals surface area contributed by atoms with Gasteiger partial charge in [-0.05, 0) is 49.1 Å². The largest absolute Gasteiger partial charge is 0.497 e. The van der Waals surface area contributed by atoms with Gasteiger partial charge in [-0.15, -0.1) is 0 Å². The number of hydrogen-bond acceptors (Lipinski definition) is 3. The van der Waals surface area contributed by atoms with E-state index in [-0.39, 0.29) is 29.8 Å². The first kappa shape index (κ1) is 20.5. The Bertz CT molecular complexity index is 860. The van der Waals surface area contributed by atoms with Gasteiger partial charge >= 0.3 is 0 Å². The highest BCUT2D eigenvalue weighted by Gasteiger charge is 2.41. The first-order chi connectivity index (χ1) is 14.7. The number of rotatable bonds is 5. The molecule has 2 aromatic carbocycles. The zero-order chi connectivity index (χ0) is 20.9. The Morgan fingerprint density at radius 3 is 2.33 bits per heavy atom. The van der Waals surface area contributed by atoms with E-state index in [9.17, 15) is 9.59 Å². The van der Waals surface area contributed by atoms with Crippen LogP contribution in [0.2, 0.25) is 0 Å². The van der Waals surface area contributed by atoms with Gasteiger partial charge in [0.25, 0.3) is 0 Å². The maximum Gasteiger partial charge on any atom is 0.227 e. The third-order valence-corrected chi connectivity index (χ3v) is 6.38. The van der Waals surface area contributed by atoms with Gasteiger partial charge in [-0.25, -0.2) is 0 Å². The Balaban J connectivity index is 1.66. The SMILES string of the molecule is COc1ccc(N2C(=O)CC[C@H](C(=O)NC3CCCCC3)[C@H]2c2ccccc2)cc1. The van der Waals surface area contributed by atoms with E-state index < -0.39 is 0 Å². The van der Waals surface area contributed by atoms with Gasteiger partial charge in [0.05, 0.1) is 19.1 Å². The molecule has 0 aromatic heterocycles. The van der Waals surface area contributed by atoms with E-state index in [2.05, 4.69) is 5.32 Å². The molecule has 30 heavy (non-hydrogen) atoms. The zero-order valence-electron chi connectivity index (χ0n) is 17.5. The molecule has 1 saturated heterocycles. The molecule has 158 valence electrons.